The van der Waals surface area contributed by atoms with Gasteiger partial charge in [0.05, 0.1) is 19.1 Å². The second-order valence-electron chi connectivity index (χ2n) is 13.3. The smallest absolute Gasteiger partial charge is 0.322 e. The molecule has 0 bridgehead atoms. The number of aliphatic carboxylic acids is 3. The molecule has 5 atom stereocenters. The van der Waals surface area contributed by atoms with E-state index >= 15 is 0 Å². The van der Waals surface area contributed by atoms with Crippen molar-refractivity contribution in [2.24, 2.45) is 5.73 Å². The maximum Gasteiger partial charge on any atom is 0.322 e. The fourth-order valence-electron chi connectivity index (χ4n) is 6.29. The number of rotatable bonds is 21. The number of benzene rings is 1. The summed E-state index contributed by atoms with van der Waals surface area (Å²) in [5.74, 6) is -8.78. The van der Waals surface area contributed by atoms with Gasteiger partial charge in [0.1, 0.15) is 30.7 Å². The number of carboxylic acid groups (broad SMARTS) is 3. The highest BCUT2D eigenvalue weighted by Gasteiger charge is 2.38. The van der Waals surface area contributed by atoms with Crippen LogP contribution in [0.25, 0.3) is 0 Å². The molecule has 2 fully saturated rings. The minimum Gasteiger partial charge on any atom is -0.481 e. The summed E-state index contributed by atoms with van der Waals surface area (Å²) >= 11 is 0. The van der Waals surface area contributed by atoms with Gasteiger partial charge in [-0.3, -0.25) is 47.9 Å². The Bertz CT molecular complexity index is 1640. The van der Waals surface area contributed by atoms with Crippen LogP contribution in [0.2, 0.25) is 0 Å². The van der Waals surface area contributed by atoms with Crippen LogP contribution in [-0.2, 0) is 54.4 Å². The van der Waals surface area contributed by atoms with Crippen molar-refractivity contribution in [1.29, 1.82) is 0 Å². The Morgan fingerprint density at radius 3 is 1.61 bits per heavy atom. The summed E-state index contributed by atoms with van der Waals surface area (Å²) in [6, 6.07) is 2.87. The first-order chi connectivity index (χ1) is 26.6. The lowest BCUT2D eigenvalue weighted by Crippen LogP contribution is -2.56. The van der Waals surface area contributed by atoms with E-state index in [4.69, 9.17) is 21.1 Å². The van der Waals surface area contributed by atoms with Gasteiger partial charge in [-0.2, -0.15) is 0 Å². The van der Waals surface area contributed by atoms with Crippen molar-refractivity contribution in [3.05, 3.63) is 35.9 Å². The van der Waals surface area contributed by atoms with Crippen molar-refractivity contribution < 1.29 is 63.3 Å². The lowest BCUT2D eigenvalue weighted by molar-refractivity contribution is -0.141. The van der Waals surface area contributed by atoms with E-state index in [9.17, 15) is 47.9 Å². The van der Waals surface area contributed by atoms with Gasteiger partial charge in [0.25, 0.3) is 0 Å². The number of nitrogens with two attached hydrogens (primary N) is 1. The van der Waals surface area contributed by atoms with Gasteiger partial charge in [-0.15, -0.1) is 0 Å². The molecule has 1 aromatic rings. The Hall–Kier alpha value is -6.12. The summed E-state index contributed by atoms with van der Waals surface area (Å²) in [5.41, 5.74) is 6.37. The maximum absolute atomic E-state index is 13.6. The fourth-order valence-corrected chi connectivity index (χ4v) is 6.29. The molecule has 3 rings (SSSR count). The van der Waals surface area contributed by atoms with E-state index in [0.29, 0.717) is 18.4 Å². The molecule has 2 aliphatic rings. The average molecular weight is 789 g/mol. The lowest BCUT2D eigenvalue weighted by Gasteiger charge is -2.28. The number of hydrogen-bond acceptors (Lipinski definition) is 11. The molecule has 2 heterocycles. The van der Waals surface area contributed by atoms with Crippen molar-refractivity contribution in [1.82, 2.24) is 36.4 Å². The number of amides is 7. The molecule has 10 N–H and O–H groups in total. The number of carboxylic acids is 3. The second kappa shape index (κ2) is 21.7. The average Bonchev–Trinajstić information content (AvgIpc) is 3.87. The van der Waals surface area contributed by atoms with E-state index in [2.05, 4.69) is 26.6 Å². The molecule has 56 heavy (non-hydrogen) atoms. The van der Waals surface area contributed by atoms with Gasteiger partial charge in [0, 0.05) is 32.4 Å². The molecule has 0 aliphatic carbocycles. The van der Waals surface area contributed by atoms with Gasteiger partial charge in [-0.1, -0.05) is 30.3 Å². The largest absolute Gasteiger partial charge is 0.481 e. The van der Waals surface area contributed by atoms with Crippen molar-refractivity contribution in [2.75, 3.05) is 32.7 Å². The first-order valence-corrected chi connectivity index (χ1v) is 18.0. The molecule has 2 saturated heterocycles. The van der Waals surface area contributed by atoms with Crippen LogP contribution >= 0.6 is 0 Å². The highest BCUT2D eigenvalue weighted by molar-refractivity contribution is 5.96. The zero-order valence-electron chi connectivity index (χ0n) is 30.6. The van der Waals surface area contributed by atoms with E-state index < -0.39 is 116 Å². The number of carbonyl (C=O) groups is 10. The van der Waals surface area contributed by atoms with Crippen LogP contribution in [0.15, 0.2) is 30.3 Å². The van der Waals surface area contributed by atoms with E-state index in [0.717, 1.165) is 0 Å². The highest BCUT2D eigenvalue weighted by atomic mass is 16.4. The molecule has 21 heteroatoms. The second-order valence-corrected chi connectivity index (χ2v) is 13.3. The summed E-state index contributed by atoms with van der Waals surface area (Å²) in [4.78, 5) is 127. The van der Waals surface area contributed by atoms with Crippen molar-refractivity contribution in [3.63, 3.8) is 0 Å². The first-order valence-electron chi connectivity index (χ1n) is 18.0. The van der Waals surface area contributed by atoms with Crippen LogP contribution < -0.4 is 32.3 Å². The summed E-state index contributed by atoms with van der Waals surface area (Å²) in [5, 5.41) is 38.8. The van der Waals surface area contributed by atoms with Gasteiger partial charge in [0.2, 0.25) is 41.4 Å². The van der Waals surface area contributed by atoms with Crippen LogP contribution in [-0.4, -0.2) is 147 Å². The van der Waals surface area contributed by atoms with Crippen molar-refractivity contribution >= 4 is 59.3 Å². The third kappa shape index (κ3) is 13.9. The summed E-state index contributed by atoms with van der Waals surface area (Å²) in [6.07, 6.45) is -0.00676. The topological polar surface area (TPSA) is 324 Å². The van der Waals surface area contributed by atoms with Gasteiger partial charge >= 0.3 is 17.9 Å². The minimum atomic E-state index is -1.39. The number of likely N-dealkylation sites (tertiary alicyclic amines) is 2. The van der Waals surface area contributed by atoms with Gasteiger partial charge in [0.15, 0.2) is 0 Å². The fraction of sp³-hybridized carbons (Fsp3) is 0.543. The van der Waals surface area contributed by atoms with E-state index in [1.807, 2.05) is 0 Å². The molecule has 21 nitrogen and oxygen atoms in total. The Morgan fingerprint density at radius 1 is 0.625 bits per heavy atom. The quantitative estimate of drug-likeness (QED) is 0.0589. The molecule has 2 aliphatic heterocycles. The molecule has 0 unspecified atom stereocenters. The normalized spacial score (nSPS) is 17.8. The molecule has 1 aromatic carbocycles. The van der Waals surface area contributed by atoms with Crippen LogP contribution in [0.3, 0.4) is 0 Å². The zero-order chi connectivity index (χ0) is 41.4. The Kier molecular flexibility index (Phi) is 17.1. The predicted molar refractivity (Wildman–Crippen MR) is 192 cm³/mol. The van der Waals surface area contributed by atoms with Crippen LogP contribution in [0, 0.1) is 0 Å². The zero-order valence-corrected chi connectivity index (χ0v) is 30.6. The number of nitrogens with one attached hydrogen (secondary N) is 5. The Morgan fingerprint density at radius 2 is 1.09 bits per heavy atom. The van der Waals surface area contributed by atoms with Crippen LogP contribution in [0.4, 0.5) is 0 Å². The third-order valence-corrected chi connectivity index (χ3v) is 9.19. The molecular formula is C35H48N8O13. The van der Waals surface area contributed by atoms with Gasteiger partial charge in [-0.05, 0) is 44.1 Å². The van der Waals surface area contributed by atoms with Crippen molar-refractivity contribution in [2.45, 2.75) is 88.0 Å². The van der Waals surface area contributed by atoms with Crippen LogP contribution in [0.1, 0.15) is 56.9 Å². The van der Waals surface area contributed by atoms with Gasteiger partial charge < -0.3 is 57.4 Å². The van der Waals surface area contributed by atoms with Gasteiger partial charge in [-0.25, -0.2) is 0 Å². The summed E-state index contributed by atoms with van der Waals surface area (Å²) < 4.78 is 0. The van der Waals surface area contributed by atoms with E-state index in [1.54, 1.807) is 30.3 Å². The standard InChI is InChI=1S/C35H48N8O13/c36-21(10-12-28(46)47)31(52)37-17-26(44)43-15-5-9-25(43)35(56)41-23(16-20-6-2-1-3-7-20)33(54)38-18-27(45)42-14-4-8-24(42)34(55)40-22(11-13-29(48)49)32(53)39-19-30(50)51/h1-3,6-7,21-25H,4-5,8-19,36H2,(H,37,52)(H,38,54)(H,39,53)(H,40,55)(H,41,56)(H,46,47)(H,48,49)(H,50,51)/t21-,22-,23-,24-,25-/m0/s1. The van der Waals surface area contributed by atoms with Crippen molar-refractivity contribution in [3.8, 4) is 0 Å². The molecule has 0 aromatic heterocycles. The molecular weight excluding hydrogens is 740 g/mol. The monoisotopic (exact) mass is 788 g/mol. The SMILES string of the molecule is N[C@@H](CCC(=O)O)C(=O)NCC(=O)N1CCC[C@H]1C(=O)N[C@@H](Cc1ccccc1)C(=O)NCC(=O)N1CCC[C@H]1C(=O)N[C@@H](CCC(=O)O)C(=O)NCC(=O)O. The number of carbonyl (C=O) groups excluding carboxylic acids is 7. The first kappa shape index (κ1) is 44.3. The van der Waals surface area contributed by atoms with E-state index in [1.165, 1.54) is 9.80 Å². The predicted octanol–water partition coefficient (Wildman–Crippen LogP) is -3.33. The molecule has 306 valence electrons. The molecule has 0 radical (unpaired) electrons. The molecule has 7 amide bonds. The highest BCUT2D eigenvalue weighted by Crippen LogP contribution is 2.19. The Labute approximate surface area is 321 Å². The molecule has 0 spiro atoms. The number of nitrogens with zero attached hydrogens (tertiary/aromatic N) is 2. The lowest BCUT2D eigenvalue weighted by atomic mass is 10.0. The minimum absolute atomic E-state index is 0.00791. The summed E-state index contributed by atoms with van der Waals surface area (Å²) in [6.45, 7) is -1.51. The maximum atomic E-state index is 13.6. The summed E-state index contributed by atoms with van der Waals surface area (Å²) in [7, 11) is 0. The number of hydrogen-bond donors (Lipinski definition) is 9. The third-order valence-electron chi connectivity index (χ3n) is 9.19. The van der Waals surface area contributed by atoms with E-state index in [-0.39, 0.29) is 51.6 Å². The Balaban J connectivity index is 1.64. The van der Waals surface area contributed by atoms with Crippen LogP contribution in [0.5, 0.6) is 0 Å². The molecule has 0 saturated carbocycles.